The number of carbonyl (C=O) groups is 3. The van der Waals surface area contributed by atoms with E-state index >= 15 is 0 Å². The molecule has 208 valence electrons. The van der Waals surface area contributed by atoms with Gasteiger partial charge in [0.25, 0.3) is 11.8 Å². The van der Waals surface area contributed by atoms with Crippen molar-refractivity contribution in [2.75, 3.05) is 7.11 Å². The first-order valence-electron chi connectivity index (χ1n) is 12.5. The van der Waals surface area contributed by atoms with Crippen molar-refractivity contribution in [3.63, 3.8) is 0 Å². The maximum atomic E-state index is 14.1. The normalized spacial score (nSPS) is 11.7. The lowest BCUT2D eigenvalue weighted by atomic mass is 10.0. The quantitative estimate of drug-likeness (QED) is 0.249. The summed E-state index contributed by atoms with van der Waals surface area (Å²) in [7, 11) is 1.48. The number of nitriles is 1. The van der Waals surface area contributed by atoms with Gasteiger partial charge in [-0.3, -0.25) is 9.59 Å². The molecule has 3 aromatic rings. The predicted octanol–water partition coefficient (Wildman–Crippen LogP) is 6.86. The van der Waals surface area contributed by atoms with Gasteiger partial charge in [-0.05, 0) is 77.9 Å². The molecule has 0 saturated heterocycles. The molecule has 0 fully saturated rings. The highest BCUT2D eigenvalue weighted by molar-refractivity contribution is 6.20. The highest BCUT2D eigenvalue weighted by atomic mass is 35.5. The lowest BCUT2D eigenvalue weighted by Crippen LogP contribution is -2.60. The second kappa shape index (κ2) is 12.2. The van der Waals surface area contributed by atoms with Crippen molar-refractivity contribution in [2.24, 2.45) is 0 Å². The van der Waals surface area contributed by atoms with Crippen LogP contribution in [-0.2, 0) is 4.74 Å². The Morgan fingerprint density at radius 1 is 0.925 bits per heavy atom. The van der Waals surface area contributed by atoms with Crippen molar-refractivity contribution in [1.29, 1.82) is 5.26 Å². The molecular weight excluding hydrogens is 530 g/mol. The minimum atomic E-state index is -1.31. The summed E-state index contributed by atoms with van der Waals surface area (Å²) >= 11 is 6.44. The average Bonchev–Trinajstić information content (AvgIpc) is 2.89. The number of amides is 3. The fourth-order valence-corrected chi connectivity index (χ4v) is 4.49. The zero-order valence-electron chi connectivity index (χ0n) is 23.6. The molecule has 0 saturated carbocycles. The molecule has 0 aromatic heterocycles. The number of nitrogens with zero attached hydrogens (tertiary/aromatic N) is 3. The van der Waals surface area contributed by atoms with Crippen LogP contribution in [0, 0.1) is 32.1 Å². The zero-order valence-corrected chi connectivity index (χ0v) is 24.4. The molecule has 1 atom stereocenters. The first-order valence-corrected chi connectivity index (χ1v) is 13.0. The van der Waals surface area contributed by atoms with E-state index in [4.69, 9.17) is 26.3 Å². The van der Waals surface area contributed by atoms with Gasteiger partial charge in [0.15, 0.2) is 0 Å². The standard InChI is InChI=1S/C31H32ClN3O5/c1-19-15-20(2)17-24(16-19)28(36)35(31(4,5)6)34(29(37)25-9-8-10-26(39-7)21(25)3)30(38)40-27(32)23-13-11-22(18-33)12-14-23/h8-17,27H,1-7H3. The van der Waals surface area contributed by atoms with Gasteiger partial charge in [-0.15, -0.1) is 5.01 Å². The summed E-state index contributed by atoms with van der Waals surface area (Å²) in [5.41, 5.74) is 1.06. The van der Waals surface area contributed by atoms with Gasteiger partial charge in [0.1, 0.15) is 5.75 Å². The van der Waals surface area contributed by atoms with Crippen LogP contribution in [0.1, 0.15) is 74.9 Å². The Labute approximate surface area is 239 Å². The smallest absolute Gasteiger partial charge is 0.438 e. The molecule has 8 nitrogen and oxygen atoms in total. The van der Waals surface area contributed by atoms with Crippen LogP contribution < -0.4 is 4.74 Å². The van der Waals surface area contributed by atoms with Gasteiger partial charge in [-0.2, -0.15) is 5.26 Å². The molecule has 0 spiro atoms. The van der Waals surface area contributed by atoms with E-state index in [2.05, 4.69) is 0 Å². The van der Waals surface area contributed by atoms with Crippen LogP contribution >= 0.6 is 11.6 Å². The summed E-state index contributed by atoms with van der Waals surface area (Å²) in [5.74, 6) is -0.928. The van der Waals surface area contributed by atoms with Crippen molar-refractivity contribution in [3.05, 3.63) is 99.6 Å². The number of hydrogen-bond acceptors (Lipinski definition) is 6. The highest BCUT2D eigenvalue weighted by Crippen LogP contribution is 2.30. The molecule has 0 aliphatic heterocycles. The van der Waals surface area contributed by atoms with Gasteiger partial charge in [-0.25, -0.2) is 9.80 Å². The van der Waals surface area contributed by atoms with Gasteiger partial charge in [-0.1, -0.05) is 47.0 Å². The second-order valence-corrected chi connectivity index (χ2v) is 10.7. The molecule has 3 rings (SSSR count). The van der Waals surface area contributed by atoms with Crippen molar-refractivity contribution < 1.29 is 23.9 Å². The fourth-order valence-electron chi connectivity index (χ4n) is 4.27. The molecule has 1 unspecified atom stereocenters. The minimum absolute atomic E-state index is 0.142. The number of aryl methyl sites for hydroxylation is 2. The van der Waals surface area contributed by atoms with Crippen LogP contribution in [0.15, 0.2) is 60.7 Å². The van der Waals surface area contributed by atoms with Crippen LogP contribution in [0.2, 0.25) is 0 Å². The summed E-state index contributed by atoms with van der Waals surface area (Å²) in [6, 6.07) is 18.3. The van der Waals surface area contributed by atoms with E-state index in [1.165, 1.54) is 19.2 Å². The number of alkyl halides is 1. The van der Waals surface area contributed by atoms with E-state index in [9.17, 15) is 14.4 Å². The van der Waals surface area contributed by atoms with Crippen molar-refractivity contribution >= 4 is 29.5 Å². The van der Waals surface area contributed by atoms with E-state index in [0.717, 1.165) is 16.1 Å². The summed E-state index contributed by atoms with van der Waals surface area (Å²) in [6.45, 7) is 10.5. The zero-order chi connectivity index (χ0) is 29.8. The first-order chi connectivity index (χ1) is 18.8. The third-order valence-corrected chi connectivity index (χ3v) is 6.44. The highest BCUT2D eigenvalue weighted by Gasteiger charge is 2.42. The third kappa shape index (κ3) is 6.61. The van der Waals surface area contributed by atoms with Crippen molar-refractivity contribution in [2.45, 2.75) is 52.6 Å². The lowest BCUT2D eigenvalue weighted by Gasteiger charge is -2.41. The Morgan fingerprint density at radius 2 is 1.52 bits per heavy atom. The minimum Gasteiger partial charge on any atom is -0.496 e. The average molecular weight is 562 g/mol. The summed E-state index contributed by atoms with van der Waals surface area (Å²) < 4.78 is 10.9. The number of ether oxygens (including phenoxy) is 2. The number of benzene rings is 3. The number of imide groups is 1. The third-order valence-electron chi connectivity index (χ3n) is 6.10. The molecule has 0 aliphatic carbocycles. The molecule has 3 amide bonds. The van der Waals surface area contributed by atoms with Gasteiger partial charge >= 0.3 is 6.09 Å². The maximum absolute atomic E-state index is 14.1. The van der Waals surface area contributed by atoms with Crippen LogP contribution in [0.5, 0.6) is 5.75 Å². The van der Waals surface area contributed by atoms with Crippen LogP contribution in [0.4, 0.5) is 4.79 Å². The lowest BCUT2D eigenvalue weighted by molar-refractivity contribution is -0.0420. The Morgan fingerprint density at radius 3 is 2.05 bits per heavy atom. The van der Waals surface area contributed by atoms with Gasteiger partial charge in [0.05, 0.1) is 24.3 Å². The Hall–Kier alpha value is -4.35. The topological polar surface area (TPSA) is 99.9 Å². The molecular formula is C31H32ClN3O5. The summed E-state index contributed by atoms with van der Waals surface area (Å²) in [4.78, 5) is 42.0. The number of hydrazine groups is 1. The first kappa shape index (κ1) is 30.2. The van der Waals surface area contributed by atoms with Crippen LogP contribution in [0.3, 0.4) is 0 Å². The van der Waals surface area contributed by atoms with E-state index < -0.39 is 29.0 Å². The Bertz CT molecular complexity index is 1450. The summed E-state index contributed by atoms with van der Waals surface area (Å²) in [5, 5.41) is 10.9. The molecule has 0 aliphatic rings. The molecule has 0 heterocycles. The molecule has 0 bridgehead atoms. The number of carbonyl (C=O) groups excluding carboxylic acids is 3. The SMILES string of the molecule is COc1cccc(C(=O)N(C(=O)OC(Cl)c2ccc(C#N)cc2)N(C(=O)c2cc(C)cc(C)c2)C(C)(C)C)c1C. The maximum Gasteiger partial charge on any atom is 0.438 e. The molecule has 0 N–H and O–H groups in total. The van der Waals surface area contributed by atoms with Crippen molar-refractivity contribution in [1.82, 2.24) is 10.0 Å². The van der Waals surface area contributed by atoms with E-state index in [-0.39, 0.29) is 5.56 Å². The molecule has 3 aromatic carbocycles. The van der Waals surface area contributed by atoms with Gasteiger partial charge in [0.2, 0.25) is 5.56 Å². The van der Waals surface area contributed by atoms with Gasteiger partial charge in [0, 0.05) is 22.3 Å². The molecule has 40 heavy (non-hydrogen) atoms. The van der Waals surface area contributed by atoms with E-state index in [1.54, 1.807) is 70.2 Å². The molecule has 9 heteroatoms. The van der Waals surface area contributed by atoms with E-state index in [1.807, 2.05) is 26.0 Å². The number of methoxy groups -OCH3 is 1. The Kier molecular flexibility index (Phi) is 9.23. The van der Waals surface area contributed by atoms with Gasteiger partial charge < -0.3 is 9.47 Å². The number of rotatable bonds is 5. The van der Waals surface area contributed by atoms with E-state index in [0.29, 0.717) is 33.0 Å². The molecule has 0 radical (unpaired) electrons. The Balaban J connectivity index is 2.15. The number of halogens is 1. The second-order valence-electron chi connectivity index (χ2n) is 10.3. The fraction of sp³-hybridized carbons (Fsp3) is 0.290. The monoisotopic (exact) mass is 561 g/mol. The number of hydrogen-bond donors (Lipinski definition) is 0. The van der Waals surface area contributed by atoms with Crippen LogP contribution in [-0.4, -0.2) is 40.6 Å². The van der Waals surface area contributed by atoms with Crippen LogP contribution in [0.25, 0.3) is 0 Å². The van der Waals surface area contributed by atoms with Crippen molar-refractivity contribution in [3.8, 4) is 11.8 Å². The predicted molar refractivity (Wildman–Crippen MR) is 152 cm³/mol. The largest absolute Gasteiger partial charge is 0.496 e. The summed E-state index contributed by atoms with van der Waals surface area (Å²) in [6.07, 6.45) is -1.15.